The Labute approximate surface area is 84.2 Å². The summed E-state index contributed by atoms with van der Waals surface area (Å²) in [7, 11) is 0. The van der Waals surface area contributed by atoms with Gasteiger partial charge in [0, 0.05) is 6.61 Å². The van der Waals surface area contributed by atoms with E-state index in [9.17, 15) is 0 Å². The lowest BCUT2D eigenvalue weighted by Crippen LogP contribution is -1.62. The molecule has 0 radical (unpaired) electrons. The van der Waals surface area contributed by atoms with Gasteiger partial charge < -0.3 is 5.11 Å². The van der Waals surface area contributed by atoms with Gasteiger partial charge in [0.1, 0.15) is 0 Å². The molecule has 0 unspecified atom stereocenters. The van der Waals surface area contributed by atoms with Crippen molar-refractivity contribution in [2.45, 2.75) is 48.5 Å². The Morgan fingerprint density at radius 2 is 1.08 bits per heavy atom. The van der Waals surface area contributed by atoms with E-state index in [1.165, 1.54) is 11.1 Å². The van der Waals surface area contributed by atoms with Gasteiger partial charge in [-0.1, -0.05) is 37.1 Å². The smallest absolute Gasteiger partial charge is 0.0402 e. The first-order valence-electron chi connectivity index (χ1n) is 4.93. The topological polar surface area (TPSA) is 20.2 Å². The molecule has 1 nitrogen and oxygen atoms in total. The van der Waals surface area contributed by atoms with Gasteiger partial charge >= 0.3 is 0 Å². The fourth-order valence-corrected chi connectivity index (χ4v) is 0.333. The first kappa shape index (κ1) is 18.3. The molecule has 0 aliphatic carbocycles. The molecule has 0 spiro atoms. The van der Waals surface area contributed by atoms with E-state index in [2.05, 4.69) is 39.8 Å². The summed E-state index contributed by atoms with van der Waals surface area (Å²) in [5, 5.41) is 7.57. The first-order valence-corrected chi connectivity index (χ1v) is 4.93. The molecule has 0 saturated heterocycles. The molecule has 0 heterocycles. The first-order chi connectivity index (χ1) is 6.04. The van der Waals surface area contributed by atoms with Crippen LogP contribution in [0.3, 0.4) is 0 Å². The second kappa shape index (κ2) is 17.5. The minimum Gasteiger partial charge on any atom is -0.397 e. The molecular formula is C12H26O. The van der Waals surface area contributed by atoms with E-state index in [0.29, 0.717) is 0 Å². The maximum absolute atomic E-state index is 7.57. The van der Waals surface area contributed by atoms with Crippen LogP contribution in [0.5, 0.6) is 0 Å². The van der Waals surface area contributed by atoms with Crippen molar-refractivity contribution >= 4 is 0 Å². The molecule has 0 atom stereocenters. The van der Waals surface area contributed by atoms with Gasteiger partial charge in [0.25, 0.3) is 0 Å². The summed E-state index contributed by atoms with van der Waals surface area (Å²) in [4.78, 5) is 0. The van der Waals surface area contributed by atoms with Gasteiger partial charge in [-0.25, -0.2) is 0 Å². The summed E-state index contributed by atoms with van der Waals surface area (Å²) in [6.45, 7) is 14.3. The van der Waals surface area contributed by atoms with Crippen LogP contribution in [-0.2, 0) is 0 Å². The highest BCUT2D eigenvalue weighted by molar-refractivity contribution is 5.12. The highest BCUT2D eigenvalue weighted by Gasteiger charge is 1.71. The summed E-state index contributed by atoms with van der Waals surface area (Å²) in [6, 6.07) is 0. The fourth-order valence-electron chi connectivity index (χ4n) is 0.333. The van der Waals surface area contributed by atoms with E-state index in [1.807, 2.05) is 13.8 Å². The van der Waals surface area contributed by atoms with Crippen LogP contribution >= 0.6 is 0 Å². The number of rotatable bonds is 1. The van der Waals surface area contributed by atoms with Crippen LogP contribution in [0.15, 0.2) is 23.3 Å². The molecule has 0 bridgehead atoms. The Hall–Kier alpha value is -0.560. The molecule has 0 aromatic carbocycles. The maximum Gasteiger partial charge on any atom is 0.0402 e. The Balaban J connectivity index is -0.000000169. The molecule has 0 aromatic rings. The third-order valence-corrected chi connectivity index (χ3v) is 0.750. The van der Waals surface area contributed by atoms with E-state index in [-0.39, 0.29) is 6.61 Å². The molecule has 0 saturated carbocycles. The summed E-state index contributed by atoms with van der Waals surface area (Å²) in [5.41, 5.74) is 2.71. The average Bonchev–Trinajstić information content (AvgIpc) is 2.06. The number of hydrogen-bond acceptors (Lipinski definition) is 1. The molecular weight excluding hydrogens is 160 g/mol. The highest BCUT2D eigenvalue weighted by Crippen LogP contribution is 1.93. The van der Waals surface area contributed by atoms with Crippen LogP contribution in [0.4, 0.5) is 0 Å². The van der Waals surface area contributed by atoms with Crippen molar-refractivity contribution in [1.29, 1.82) is 0 Å². The van der Waals surface area contributed by atoms with Crippen LogP contribution in [0.2, 0.25) is 0 Å². The van der Waals surface area contributed by atoms with E-state index in [1.54, 1.807) is 6.92 Å². The van der Waals surface area contributed by atoms with Gasteiger partial charge in [-0.2, -0.15) is 0 Å². The van der Waals surface area contributed by atoms with E-state index < -0.39 is 0 Å². The van der Waals surface area contributed by atoms with Gasteiger partial charge in [0.05, 0.1) is 0 Å². The third kappa shape index (κ3) is 51.7. The standard InChI is InChI=1S/C8H14.C2H6O.C2H6/c1-7(2)5-6-8(3)4;1-2-3;1-2/h5-6H,1-4H3;3H,2H2,1H3;1-2H3. The maximum atomic E-state index is 7.57. The minimum absolute atomic E-state index is 0.250. The van der Waals surface area contributed by atoms with E-state index >= 15 is 0 Å². The van der Waals surface area contributed by atoms with Crippen LogP contribution in [0.1, 0.15) is 48.5 Å². The van der Waals surface area contributed by atoms with Crippen molar-refractivity contribution in [2.75, 3.05) is 6.61 Å². The normalized spacial score (nSPS) is 6.77. The predicted molar refractivity (Wildman–Crippen MR) is 63.0 cm³/mol. The van der Waals surface area contributed by atoms with Gasteiger partial charge in [-0.05, 0) is 34.6 Å². The molecule has 0 aliphatic heterocycles. The highest BCUT2D eigenvalue weighted by atomic mass is 16.2. The zero-order valence-corrected chi connectivity index (χ0v) is 10.3. The zero-order valence-electron chi connectivity index (χ0n) is 10.3. The van der Waals surface area contributed by atoms with Crippen LogP contribution in [0, 0.1) is 0 Å². The van der Waals surface area contributed by atoms with Gasteiger partial charge in [-0.15, -0.1) is 0 Å². The average molecular weight is 186 g/mol. The molecule has 0 amide bonds. The summed E-state index contributed by atoms with van der Waals surface area (Å²) < 4.78 is 0. The monoisotopic (exact) mass is 186 g/mol. The summed E-state index contributed by atoms with van der Waals surface area (Å²) in [5.74, 6) is 0. The van der Waals surface area contributed by atoms with E-state index in [0.717, 1.165) is 0 Å². The van der Waals surface area contributed by atoms with Crippen LogP contribution in [0.25, 0.3) is 0 Å². The van der Waals surface area contributed by atoms with Crippen molar-refractivity contribution < 1.29 is 5.11 Å². The Morgan fingerprint density at radius 1 is 0.923 bits per heavy atom. The fraction of sp³-hybridized carbons (Fsp3) is 0.667. The van der Waals surface area contributed by atoms with Gasteiger partial charge in [-0.3, -0.25) is 0 Å². The molecule has 0 fully saturated rings. The molecule has 1 heteroatoms. The van der Waals surface area contributed by atoms with Crippen molar-refractivity contribution in [3.05, 3.63) is 23.3 Å². The van der Waals surface area contributed by atoms with Crippen molar-refractivity contribution in [2.24, 2.45) is 0 Å². The molecule has 0 aromatic heterocycles. The Kier molecular flexibility index (Phi) is 24.6. The zero-order chi connectivity index (χ0) is 11.3. The second-order valence-corrected chi connectivity index (χ2v) is 2.80. The molecule has 1 N–H and O–H groups in total. The van der Waals surface area contributed by atoms with Crippen LogP contribution < -0.4 is 0 Å². The summed E-state index contributed by atoms with van der Waals surface area (Å²) >= 11 is 0. The number of aliphatic hydroxyl groups is 1. The second-order valence-electron chi connectivity index (χ2n) is 2.80. The Morgan fingerprint density at radius 3 is 1.15 bits per heavy atom. The molecule has 13 heavy (non-hydrogen) atoms. The largest absolute Gasteiger partial charge is 0.397 e. The van der Waals surface area contributed by atoms with Gasteiger partial charge in [0.15, 0.2) is 0 Å². The number of allylic oxidation sites excluding steroid dienone is 4. The molecule has 0 aliphatic rings. The summed E-state index contributed by atoms with van der Waals surface area (Å²) in [6.07, 6.45) is 4.24. The minimum atomic E-state index is 0.250. The van der Waals surface area contributed by atoms with E-state index in [4.69, 9.17) is 5.11 Å². The third-order valence-electron chi connectivity index (χ3n) is 0.750. The van der Waals surface area contributed by atoms with Crippen molar-refractivity contribution in [1.82, 2.24) is 0 Å². The SMILES string of the molecule is CC.CC(C)=CC=C(C)C.CCO. The molecule has 0 rings (SSSR count). The number of hydrogen-bond donors (Lipinski definition) is 1. The Bertz CT molecular complexity index is 108. The van der Waals surface area contributed by atoms with Crippen molar-refractivity contribution in [3.63, 3.8) is 0 Å². The quantitative estimate of drug-likeness (QED) is 0.615. The predicted octanol–water partition coefficient (Wildman–Crippen LogP) is 3.94. The van der Waals surface area contributed by atoms with Gasteiger partial charge in [0.2, 0.25) is 0 Å². The number of aliphatic hydroxyl groups excluding tert-OH is 1. The van der Waals surface area contributed by atoms with Crippen molar-refractivity contribution in [3.8, 4) is 0 Å². The molecule has 80 valence electrons. The lowest BCUT2D eigenvalue weighted by Gasteiger charge is -1.84. The lowest BCUT2D eigenvalue weighted by atomic mass is 10.2. The lowest BCUT2D eigenvalue weighted by molar-refractivity contribution is 0.318. The van der Waals surface area contributed by atoms with Crippen LogP contribution in [-0.4, -0.2) is 11.7 Å².